The van der Waals surface area contributed by atoms with Gasteiger partial charge in [0.05, 0.1) is 12.7 Å². The van der Waals surface area contributed by atoms with Crippen LogP contribution in [0.5, 0.6) is 0 Å². The predicted molar refractivity (Wildman–Crippen MR) is 37.8 cm³/mol. The van der Waals surface area contributed by atoms with Crippen LogP contribution in [0, 0.1) is 0 Å². The topological polar surface area (TPSA) is 89.8 Å². The van der Waals surface area contributed by atoms with Crippen molar-refractivity contribution in [2.45, 2.75) is 19.1 Å². The van der Waals surface area contributed by atoms with E-state index in [4.69, 9.17) is 15.3 Å². The maximum absolute atomic E-state index is 10.6. The molecule has 0 aliphatic heterocycles. The lowest BCUT2D eigenvalue weighted by Crippen LogP contribution is -2.38. The van der Waals surface area contributed by atoms with Gasteiger partial charge in [0.25, 0.3) is 0 Å². The van der Waals surface area contributed by atoms with Gasteiger partial charge in [-0.15, -0.1) is 0 Å². The molecular weight excluding hydrogens is 150 g/mol. The number of hydrogen-bond donors (Lipinski definition) is 4. The molecule has 66 valence electrons. The number of carbonyl (C=O) groups is 1. The molecule has 0 rings (SSSR count). The van der Waals surface area contributed by atoms with Crippen LogP contribution in [0.25, 0.3) is 0 Å². The standard InChI is InChI=1S/C6H13NO4/c1-4(9)6(11)7-2-5(10)3-8/h4-5,8-10H,2-3H2,1H3,(H,7,11)/t4-,5-/m1/s1. The molecule has 0 heterocycles. The Kier molecular flexibility index (Phi) is 4.76. The number of amides is 1. The Morgan fingerprint density at radius 3 is 2.45 bits per heavy atom. The fraction of sp³-hybridized carbons (Fsp3) is 0.833. The summed E-state index contributed by atoms with van der Waals surface area (Å²) in [6.45, 7) is 0.876. The third-order valence-electron chi connectivity index (χ3n) is 1.10. The smallest absolute Gasteiger partial charge is 0.248 e. The van der Waals surface area contributed by atoms with E-state index in [1.165, 1.54) is 6.92 Å². The van der Waals surface area contributed by atoms with Crippen LogP contribution >= 0.6 is 0 Å². The van der Waals surface area contributed by atoms with E-state index in [2.05, 4.69) is 5.32 Å². The van der Waals surface area contributed by atoms with Crippen molar-refractivity contribution in [3.05, 3.63) is 0 Å². The molecule has 5 nitrogen and oxygen atoms in total. The minimum Gasteiger partial charge on any atom is -0.394 e. The van der Waals surface area contributed by atoms with E-state index in [0.717, 1.165) is 0 Å². The highest BCUT2D eigenvalue weighted by atomic mass is 16.3. The van der Waals surface area contributed by atoms with Crippen LogP contribution in [0.15, 0.2) is 0 Å². The molecule has 0 aromatic rings. The quantitative estimate of drug-likeness (QED) is 0.380. The van der Waals surface area contributed by atoms with E-state index in [0.29, 0.717) is 0 Å². The van der Waals surface area contributed by atoms with Crippen LogP contribution < -0.4 is 5.32 Å². The highest BCUT2D eigenvalue weighted by Gasteiger charge is 2.09. The maximum Gasteiger partial charge on any atom is 0.248 e. The highest BCUT2D eigenvalue weighted by Crippen LogP contribution is 1.81. The SMILES string of the molecule is C[C@@H](O)C(=O)NC[C@@H](O)CO. The summed E-state index contributed by atoms with van der Waals surface area (Å²) >= 11 is 0. The van der Waals surface area contributed by atoms with Crippen LogP contribution in [0.4, 0.5) is 0 Å². The predicted octanol–water partition coefficient (Wildman–Crippen LogP) is -2.16. The van der Waals surface area contributed by atoms with Gasteiger partial charge in [-0.1, -0.05) is 0 Å². The van der Waals surface area contributed by atoms with Gasteiger partial charge in [0, 0.05) is 6.54 Å². The van der Waals surface area contributed by atoms with Gasteiger partial charge in [-0.2, -0.15) is 0 Å². The van der Waals surface area contributed by atoms with Crippen molar-refractivity contribution in [3.8, 4) is 0 Å². The molecule has 0 aliphatic carbocycles. The van der Waals surface area contributed by atoms with Gasteiger partial charge in [0.15, 0.2) is 0 Å². The van der Waals surface area contributed by atoms with Gasteiger partial charge < -0.3 is 20.6 Å². The molecule has 1 amide bonds. The molecule has 4 N–H and O–H groups in total. The van der Waals surface area contributed by atoms with Crippen molar-refractivity contribution < 1.29 is 20.1 Å². The number of aliphatic hydroxyl groups excluding tert-OH is 3. The Morgan fingerprint density at radius 2 is 2.09 bits per heavy atom. The Morgan fingerprint density at radius 1 is 1.55 bits per heavy atom. The van der Waals surface area contributed by atoms with Crippen LogP contribution in [0.3, 0.4) is 0 Å². The number of nitrogens with one attached hydrogen (secondary N) is 1. The summed E-state index contributed by atoms with van der Waals surface area (Å²) in [5.41, 5.74) is 0. The zero-order valence-electron chi connectivity index (χ0n) is 6.32. The summed E-state index contributed by atoms with van der Waals surface area (Å²) < 4.78 is 0. The fourth-order valence-corrected chi connectivity index (χ4v) is 0.431. The summed E-state index contributed by atoms with van der Waals surface area (Å²) in [6.07, 6.45) is -2.04. The van der Waals surface area contributed by atoms with E-state index < -0.39 is 24.7 Å². The summed E-state index contributed by atoms with van der Waals surface area (Å²) in [6, 6.07) is 0. The number of carbonyl (C=O) groups excluding carboxylic acids is 1. The van der Waals surface area contributed by atoms with Gasteiger partial charge in [-0.3, -0.25) is 4.79 Å². The minimum atomic E-state index is -1.08. The first-order valence-electron chi connectivity index (χ1n) is 3.32. The lowest BCUT2D eigenvalue weighted by molar-refractivity contribution is -0.129. The molecule has 11 heavy (non-hydrogen) atoms. The van der Waals surface area contributed by atoms with E-state index in [1.807, 2.05) is 0 Å². The molecule has 0 radical (unpaired) electrons. The van der Waals surface area contributed by atoms with Crippen LogP contribution in [-0.4, -0.2) is 46.6 Å². The Bertz CT molecular complexity index is 126. The monoisotopic (exact) mass is 163 g/mol. The lowest BCUT2D eigenvalue weighted by Gasteiger charge is -2.09. The summed E-state index contributed by atoms with van der Waals surface area (Å²) in [5, 5.41) is 27.9. The molecule has 0 aliphatic rings. The third kappa shape index (κ3) is 4.72. The molecule has 2 atom stereocenters. The minimum absolute atomic E-state index is 0.0414. The fourth-order valence-electron chi connectivity index (χ4n) is 0.431. The first kappa shape index (κ1) is 10.3. The molecular formula is C6H13NO4. The molecule has 0 aromatic carbocycles. The van der Waals surface area contributed by atoms with E-state index >= 15 is 0 Å². The first-order valence-corrected chi connectivity index (χ1v) is 3.32. The van der Waals surface area contributed by atoms with E-state index in [9.17, 15) is 4.79 Å². The average molecular weight is 163 g/mol. The summed E-state index contributed by atoms with van der Waals surface area (Å²) in [5.74, 6) is -0.558. The second kappa shape index (κ2) is 5.06. The molecule has 0 fully saturated rings. The van der Waals surface area contributed by atoms with Gasteiger partial charge in [-0.05, 0) is 6.92 Å². The summed E-state index contributed by atoms with van der Waals surface area (Å²) in [4.78, 5) is 10.6. The van der Waals surface area contributed by atoms with Crippen LogP contribution in [0.2, 0.25) is 0 Å². The molecule has 0 bridgehead atoms. The van der Waals surface area contributed by atoms with Crippen LogP contribution in [-0.2, 0) is 4.79 Å². The van der Waals surface area contributed by atoms with Crippen molar-refractivity contribution in [1.29, 1.82) is 0 Å². The Balaban J connectivity index is 3.46. The van der Waals surface area contributed by atoms with Crippen molar-refractivity contribution in [1.82, 2.24) is 5.32 Å². The van der Waals surface area contributed by atoms with E-state index in [-0.39, 0.29) is 6.54 Å². The summed E-state index contributed by atoms with van der Waals surface area (Å²) in [7, 11) is 0. The van der Waals surface area contributed by atoms with Crippen LogP contribution in [0.1, 0.15) is 6.92 Å². The second-order valence-corrected chi connectivity index (χ2v) is 2.26. The largest absolute Gasteiger partial charge is 0.394 e. The molecule has 5 heteroatoms. The number of aliphatic hydroxyl groups is 3. The van der Waals surface area contributed by atoms with Gasteiger partial charge in [0.1, 0.15) is 6.10 Å². The van der Waals surface area contributed by atoms with Gasteiger partial charge in [0.2, 0.25) is 5.91 Å². The van der Waals surface area contributed by atoms with Crippen molar-refractivity contribution in [2.24, 2.45) is 0 Å². The maximum atomic E-state index is 10.6. The lowest BCUT2D eigenvalue weighted by atomic mass is 10.3. The van der Waals surface area contributed by atoms with Crippen molar-refractivity contribution in [2.75, 3.05) is 13.2 Å². The van der Waals surface area contributed by atoms with E-state index in [1.54, 1.807) is 0 Å². The molecule has 0 aromatic heterocycles. The molecule has 0 unspecified atom stereocenters. The first-order chi connectivity index (χ1) is 5.07. The zero-order valence-corrected chi connectivity index (χ0v) is 6.32. The van der Waals surface area contributed by atoms with Gasteiger partial charge >= 0.3 is 0 Å². The third-order valence-corrected chi connectivity index (χ3v) is 1.10. The van der Waals surface area contributed by atoms with Gasteiger partial charge in [-0.25, -0.2) is 0 Å². The molecule has 0 saturated heterocycles. The molecule has 0 spiro atoms. The Hall–Kier alpha value is -0.650. The number of rotatable bonds is 4. The van der Waals surface area contributed by atoms with Crippen molar-refractivity contribution >= 4 is 5.91 Å². The van der Waals surface area contributed by atoms with Crippen molar-refractivity contribution in [3.63, 3.8) is 0 Å². The zero-order chi connectivity index (χ0) is 8.85. The highest BCUT2D eigenvalue weighted by molar-refractivity contribution is 5.79. The number of hydrogen-bond acceptors (Lipinski definition) is 4. The second-order valence-electron chi connectivity index (χ2n) is 2.26. The normalized spacial score (nSPS) is 15.6. The molecule has 0 saturated carbocycles. The Labute approximate surface area is 64.7 Å². The average Bonchev–Trinajstić information content (AvgIpc) is 1.99.